The molecule has 5 heteroatoms. The van der Waals surface area contributed by atoms with Crippen molar-refractivity contribution in [3.8, 4) is 0 Å². The van der Waals surface area contributed by atoms with Crippen molar-refractivity contribution in [2.45, 2.75) is 18.8 Å². The maximum absolute atomic E-state index is 14.2. The van der Waals surface area contributed by atoms with E-state index in [2.05, 4.69) is 20.9 Å². The summed E-state index contributed by atoms with van der Waals surface area (Å²) in [5.41, 5.74) is 2.41. The van der Waals surface area contributed by atoms with Crippen LogP contribution in [-0.2, 0) is 11.9 Å². The molecule has 3 aromatic rings. The number of imidazole rings is 1. The zero-order chi connectivity index (χ0) is 15.0. The summed E-state index contributed by atoms with van der Waals surface area (Å²) in [6.45, 7) is 2.27. The third-order valence-corrected chi connectivity index (χ3v) is 4.11. The van der Waals surface area contributed by atoms with E-state index in [1.165, 1.54) is 6.07 Å². The zero-order valence-corrected chi connectivity index (χ0v) is 13.0. The van der Waals surface area contributed by atoms with Crippen LogP contribution < -0.4 is 0 Å². The van der Waals surface area contributed by atoms with E-state index in [4.69, 9.17) is 0 Å². The van der Waals surface area contributed by atoms with Gasteiger partial charge in [-0.3, -0.25) is 0 Å². The average molecular weight is 351 g/mol. The summed E-state index contributed by atoms with van der Waals surface area (Å²) in [7, 11) is 0. The van der Waals surface area contributed by atoms with Crippen molar-refractivity contribution in [2.24, 2.45) is 0 Å². The Hall–Kier alpha value is -1.75. The molecule has 0 saturated heterocycles. The van der Waals surface area contributed by atoms with E-state index >= 15 is 0 Å². The fourth-order valence-electron chi connectivity index (χ4n) is 2.47. The lowest BCUT2D eigenvalue weighted by atomic mass is 10.2. The van der Waals surface area contributed by atoms with Gasteiger partial charge in [0.05, 0.1) is 5.52 Å². The van der Waals surface area contributed by atoms with Crippen molar-refractivity contribution in [2.75, 3.05) is 0 Å². The molecule has 0 aliphatic carbocycles. The maximum Gasteiger partial charge on any atom is 0.184 e. The highest BCUT2D eigenvalue weighted by Crippen LogP contribution is 2.27. The van der Waals surface area contributed by atoms with Crippen LogP contribution in [0.3, 0.4) is 0 Å². The number of hydrogen-bond donors (Lipinski definition) is 0. The van der Waals surface area contributed by atoms with E-state index in [0.29, 0.717) is 28.8 Å². The van der Waals surface area contributed by atoms with Crippen molar-refractivity contribution < 1.29 is 8.78 Å². The second-order valence-corrected chi connectivity index (χ2v) is 5.45. The third kappa shape index (κ3) is 2.46. The van der Waals surface area contributed by atoms with Gasteiger partial charge < -0.3 is 4.57 Å². The van der Waals surface area contributed by atoms with Gasteiger partial charge in [-0.25, -0.2) is 13.8 Å². The van der Waals surface area contributed by atoms with Gasteiger partial charge in [0.25, 0.3) is 0 Å². The van der Waals surface area contributed by atoms with Crippen molar-refractivity contribution in [3.63, 3.8) is 0 Å². The Bertz CT molecular complexity index is 797. The molecule has 1 aromatic heterocycles. The molecule has 0 bridgehead atoms. The molecule has 0 unspecified atom stereocenters. The highest BCUT2D eigenvalue weighted by molar-refractivity contribution is 9.08. The van der Waals surface area contributed by atoms with Crippen LogP contribution in [0.15, 0.2) is 36.4 Å². The van der Waals surface area contributed by atoms with Crippen LogP contribution in [0, 0.1) is 18.6 Å². The molecule has 0 saturated carbocycles. The quantitative estimate of drug-likeness (QED) is 0.633. The van der Waals surface area contributed by atoms with Crippen molar-refractivity contribution in [3.05, 3.63) is 65.0 Å². The number of benzene rings is 2. The minimum absolute atomic E-state index is 0.228. The summed E-state index contributed by atoms with van der Waals surface area (Å²) in [4.78, 5) is 4.41. The second-order valence-electron chi connectivity index (χ2n) is 4.89. The van der Waals surface area contributed by atoms with Crippen LogP contribution in [-0.4, -0.2) is 9.55 Å². The first-order valence-electron chi connectivity index (χ1n) is 6.55. The fraction of sp³-hybridized carbons (Fsp3) is 0.188. The number of fused-ring (bicyclic) bond motifs is 1. The van der Waals surface area contributed by atoms with E-state index < -0.39 is 11.6 Å². The first-order chi connectivity index (χ1) is 10.1. The number of hydrogen-bond acceptors (Lipinski definition) is 1. The van der Waals surface area contributed by atoms with E-state index in [-0.39, 0.29) is 5.52 Å². The summed E-state index contributed by atoms with van der Waals surface area (Å²) in [5.74, 6) is -1.02. The number of halogens is 3. The summed E-state index contributed by atoms with van der Waals surface area (Å²) in [5, 5.41) is 0.433. The Morgan fingerprint density at radius 2 is 1.90 bits per heavy atom. The van der Waals surface area contributed by atoms with Crippen LogP contribution in [0.5, 0.6) is 0 Å². The van der Waals surface area contributed by atoms with Gasteiger partial charge in [-0.05, 0) is 24.1 Å². The standard InChI is InChI=1S/C16H13BrF2N2/c1-10-20-15-12(8-17)7-13(18)14(19)16(15)21(10)9-11-5-3-2-4-6-11/h2-7H,8-9H2,1H3. The minimum Gasteiger partial charge on any atom is -0.321 e. The van der Waals surface area contributed by atoms with Gasteiger partial charge >= 0.3 is 0 Å². The highest BCUT2D eigenvalue weighted by atomic mass is 79.9. The summed E-state index contributed by atoms with van der Waals surface area (Å²) >= 11 is 3.30. The van der Waals surface area contributed by atoms with E-state index in [1.807, 2.05) is 30.3 Å². The van der Waals surface area contributed by atoms with Crippen molar-refractivity contribution >= 4 is 27.0 Å². The molecule has 1 heterocycles. The normalized spacial score (nSPS) is 11.2. The predicted octanol–water partition coefficient (Wildman–Crippen LogP) is 4.57. The van der Waals surface area contributed by atoms with E-state index in [1.54, 1.807) is 11.5 Å². The van der Waals surface area contributed by atoms with E-state index in [9.17, 15) is 8.78 Å². The summed E-state index contributed by atoms with van der Waals surface area (Å²) in [6.07, 6.45) is 0. The van der Waals surface area contributed by atoms with Gasteiger partial charge in [0.2, 0.25) is 0 Å². The van der Waals surface area contributed by atoms with Gasteiger partial charge in [-0.1, -0.05) is 46.3 Å². The number of aromatic nitrogens is 2. The summed E-state index contributed by atoms with van der Waals surface area (Å²) < 4.78 is 29.7. The molecular formula is C16H13BrF2N2. The molecule has 3 rings (SSSR count). The number of alkyl halides is 1. The third-order valence-electron chi connectivity index (χ3n) is 3.51. The van der Waals surface area contributed by atoms with Crippen LogP contribution in [0.2, 0.25) is 0 Å². The van der Waals surface area contributed by atoms with Crippen LogP contribution >= 0.6 is 15.9 Å². The molecule has 0 fully saturated rings. The molecule has 0 N–H and O–H groups in total. The van der Waals surface area contributed by atoms with Crippen molar-refractivity contribution in [1.82, 2.24) is 9.55 Å². The lowest BCUT2D eigenvalue weighted by molar-refractivity contribution is 0.511. The van der Waals surface area contributed by atoms with Gasteiger partial charge in [0, 0.05) is 11.9 Å². The van der Waals surface area contributed by atoms with Gasteiger partial charge in [0.15, 0.2) is 11.6 Å². The minimum atomic E-state index is -0.842. The lowest BCUT2D eigenvalue weighted by Crippen LogP contribution is -2.04. The van der Waals surface area contributed by atoms with E-state index in [0.717, 1.165) is 5.56 Å². The predicted molar refractivity (Wildman–Crippen MR) is 82.6 cm³/mol. The van der Waals surface area contributed by atoms with Gasteiger partial charge in [0.1, 0.15) is 11.3 Å². The SMILES string of the molecule is Cc1nc2c(CBr)cc(F)c(F)c2n1Cc1ccccc1. The molecule has 0 amide bonds. The van der Waals surface area contributed by atoms with Crippen molar-refractivity contribution in [1.29, 1.82) is 0 Å². The Kier molecular flexibility index (Phi) is 3.76. The molecular weight excluding hydrogens is 338 g/mol. The molecule has 2 nitrogen and oxygen atoms in total. The molecule has 0 atom stereocenters. The Morgan fingerprint density at radius 3 is 2.57 bits per heavy atom. The monoisotopic (exact) mass is 350 g/mol. The van der Waals surface area contributed by atoms with Gasteiger partial charge in [-0.2, -0.15) is 0 Å². The van der Waals surface area contributed by atoms with Crippen LogP contribution in [0.25, 0.3) is 11.0 Å². The van der Waals surface area contributed by atoms with Crippen LogP contribution in [0.1, 0.15) is 17.0 Å². The highest BCUT2D eigenvalue weighted by Gasteiger charge is 2.19. The molecule has 108 valence electrons. The molecule has 2 aromatic carbocycles. The first-order valence-corrected chi connectivity index (χ1v) is 7.67. The summed E-state index contributed by atoms with van der Waals surface area (Å²) in [6, 6.07) is 10.9. The molecule has 0 radical (unpaired) electrons. The smallest absolute Gasteiger partial charge is 0.184 e. The molecule has 21 heavy (non-hydrogen) atoms. The molecule has 0 spiro atoms. The molecule has 0 aliphatic heterocycles. The number of rotatable bonds is 3. The second kappa shape index (κ2) is 5.56. The molecule has 0 aliphatic rings. The Balaban J connectivity index is 2.23. The van der Waals surface area contributed by atoms with Gasteiger partial charge in [-0.15, -0.1) is 0 Å². The number of aryl methyl sites for hydroxylation is 1. The number of nitrogens with zero attached hydrogens (tertiary/aromatic N) is 2. The topological polar surface area (TPSA) is 17.8 Å². The average Bonchev–Trinajstić information content (AvgIpc) is 2.81. The Morgan fingerprint density at radius 1 is 1.19 bits per heavy atom. The fourth-order valence-corrected chi connectivity index (χ4v) is 2.90. The Labute approximate surface area is 129 Å². The first kappa shape index (κ1) is 14.2. The largest absolute Gasteiger partial charge is 0.321 e. The maximum atomic E-state index is 14.2. The van der Waals surface area contributed by atoms with Crippen LogP contribution in [0.4, 0.5) is 8.78 Å². The lowest BCUT2D eigenvalue weighted by Gasteiger charge is -2.08. The zero-order valence-electron chi connectivity index (χ0n) is 11.4.